The van der Waals surface area contributed by atoms with Crippen LogP contribution in [0, 0.1) is 12.7 Å². The van der Waals surface area contributed by atoms with E-state index >= 15 is 0 Å². The third kappa shape index (κ3) is 2.36. The number of carbonyl (C=O) groups excluding carboxylic acids is 1. The first-order chi connectivity index (χ1) is 6.15. The first kappa shape index (κ1) is 9.86. The molecule has 0 aliphatic heterocycles. The lowest BCUT2D eigenvalue weighted by atomic mass is 10.1. The van der Waals surface area contributed by atoms with Crippen molar-refractivity contribution < 1.29 is 13.9 Å². The number of benzene rings is 1. The number of Topliss-reactive ketones (excluding diaryl/α,β-unsaturated/α-hetero) is 1. The van der Waals surface area contributed by atoms with Crippen molar-refractivity contribution in [1.29, 1.82) is 0 Å². The van der Waals surface area contributed by atoms with Crippen molar-refractivity contribution in [2.45, 2.75) is 6.92 Å². The maximum atomic E-state index is 12.8. The number of ketones is 1. The molecule has 0 bridgehead atoms. The Labute approximate surface area is 76.3 Å². The molecule has 0 unspecified atom stereocenters. The lowest BCUT2D eigenvalue weighted by Gasteiger charge is -2.01. The Morgan fingerprint density at radius 2 is 2.23 bits per heavy atom. The highest BCUT2D eigenvalue weighted by atomic mass is 19.1. The molecule has 0 fully saturated rings. The standard InChI is InChI=1S/C10H11FO2/c1-7-5-8(3-4-9(7)11)10(12)6-13-2/h3-5H,6H2,1-2H3. The van der Waals surface area contributed by atoms with Gasteiger partial charge in [-0.1, -0.05) is 0 Å². The fraction of sp³-hybridized carbons (Fsp3) is 0.300. The molecule has 0 aliphatic carbocycles. The van der Waals surface area contributed by atoms with Gasteiger partial charge < -0.3 is 4.74 Å². The van der Waals surface area contributed by atoms with Crippen LogP contribution in [-0.2, 0) is 4.74 Å². The second-order valence-corrected chi connectivity index (χ2v) is 2.82. The Morgan fingerprint density at radius 1 is 1.54 bits per heavy atom. The number of ether oxygens (including phenoxy) is 1. The van der Waals surface area contributed by atoms with Crippen molar-refractivity contribution in [2.24, 2.45) is 0 Å². The van der Waals surface area contributed by atoms with Gasteiger partial charge in [0.15, 0.2) is 5.78 Å². The quantitative estimate of drug-likeness (QED) is 0.668. The molecule has 0 saturated carbocycles. The van der Waals surface area contributed by atoms with Crippen LogP contribution in [0.25, 0.3) is 0 Å². The van der Waals surface area contributed by atoms with Crippen LogP contribution < -0.4 is 0 Å². The maximum absolute atomic E-state index is 12.8. The summed E-state index contributed by atoms with van der Waals surface area (Å²) in [4.78, 5) is 11.3. The summed E-state index contributed by atoms with van der Waals surface area (Å²) in [7, 11) is 1.45. The number of hydrogen-bond acceptors (Lipinski definition) is 2. The van der Waals surface area contributed by atoms with Crippen molar-refractivity contribution in [3.8, 4) is 0 Å². The van der Waals surface area contributed by atoms with Gasteiger partial charge in [0.2, 0.25) is 0 Å². The molecular formula is C10H11FO2. The summed E-state index contributed by atoms with van der Waals surface area (Å²) in [5.41, 5.74) is 0.961. The number of hydrogen-bond donors (Lipinski definition) is 0. The lowest BCUT2D eigenvalue weighted by molar-refractivity contribution is 0.0848. The number of aryl methyl sites for hydroxylation is 1. The third-order valence-electron chi connectivity index (χ3n) is 1.76. The molecule has 3 heteroatoms. The average molecular weight is 182 g/mol. The minimum Gasteiger partial charge on any atom is -0.377 e. The Balaban J connectivity index is 2.90. The van der Waals surface area contributed by atoms with Gasteiger partial charge >= 0.3 is 0 Å². The van der Waals surface area contributed by atoms with Gasteiger partial charge in [-0.3, -0.25) is 4.79 Å². The zero-order valence-electron chi connectivity index (χ0n) is 7.63. The molecule has 0 aliphatic rings. The molecule has 0 heterocycles. The molecule has 1 aromatic carbocycles. The van der Waals surface area contributed by atoms with Gasteiger partial charge in [0.1, 0.15) is 12.4 Å². The van der Waals surface area contributed by atoms with E-state index in [1.54, 1.807) is 6.92 Å². The second kappa shape index (κ2) is 4.14. The highest BCUT2D eigenvalue weighted by Crippen LogP contribution is 2.09. The highest BCUT2D eigenvalue weighted by Gasteiger charge is 2.06. The molecule has 0 radical (unpaired) electrons. The summed E-state index contributed by atoms with van der Waals surface area (Å²) in [6.07, 6.45) is 0. The largest absolute Gasteiger partial charge is 0.377 e. The van der Waals surface area contributed by atoms with E-state index in [9.17, 15) is 9.18 Å². The molecule has 0 atom stereocenters. The van der Waals surface area contributed by atoms with E-state index in [0.29, 0.717) is 11.1 Å². The van der Waals surface area contributed by atoms with E-state index in [1.807, 2.05) is 0 Å². The molecule has 70 valence electrons. The van der Waals surface area contributed by atoms with Gasteiger partial charge in [-0.05, 0) is 30.7 Å². The van der Waals surface area contributed by atoms with Gasteiger partial charge in [-0.25, -0.2) is 4.39 Å². The number of halogens is 1. The van der Waals surface area contributed by atoms with Crippen LogP contribution in [0.15, 0.2) is 18.2 Å². The Bertz CT molecular complexity index is 321. The monoisotopic (exact) mass is 182 g/mol. The normalized spacial score (nSPS) is 10.1. The molecule has 0 aromatic heterocycles. The lowest BCUT2D eigenvalue weighted by Crippen LogP contribution is -2.07. The number of rotatable bonds is 3. The van der Waals surface area contributed by atoms with Crippen LogP contribution in [0.3, 0.4) is 0 Å². The van der Waals surface area contributed by atoms with Crippen LogP contribution in [0.2, 0.25) is 0 Å². The second-order valence-electron chi connectivity index (χ2n) is 2.82. The number of carbonyl (C=O) groups is 1. The Hall–Kier alpha value is -1.22. The molecule has 0 N–H and O–H groups in total. The first-order valence-electron chi connectivity index (χ1n) is 3.93. The molecular weight excluding hydrogens is 171 g/mol. The minimum atomic E-state index is -0.297. The highest BCUT2D eigenvalue weighted by molar-refractivity contribution is 5.97. The van der Waals surface area contributed by atoms with Crippen LogP contribution in [0.1, 0.15) is 15.9 Å². The minimum absolute atomic E-state index is 0.0328. The van der Waals surface area contributed by atoms with E-state index < -0.39 is 0 Å². The van der Waals surface area contributed by atoms with Crippen molar-refractivity contribution in [2.75, 3.05) is 13.7 Å². The van der Waals surface area contributed by atoms with E-state index in [-0.39, 0.29) is 18.2 Å². The zero-order chi connectivity index (χ0) is 9.84. The molecule has 13 heavy (non-hydrogen) atoms. The van der Waals surface area contributed by atoms with Crippen molar-refractivity contribution in [1.82, 2.24) is 0 Å². The van der Waals surface area contributed by atoms with Gasteiger partial charge in [0, 0.05) is 12.7 Å². The van der Waals surface area contributed by atoms with Crippen LogP contribution in [-0.4, -0.2) is 19.5 Å². The van der Waals surface area contributed by atoms with Gasteiger partial charge in [0.05, 0.1) is 0 Å². The fourth-order valence-electron chi connectivity index (χ4n) is 1.03. The molecule has 0 saturated heterocycles. The summed E-state index contributed by atoms with van der Waals surface area (Å²) in [6.45, 7) is 1.66. The smallest absolute Gasteiger partial charge is 0.188 e. The number of methoxy groups -OCH3 is 1. The molecule has 0 amide bonds. The van der Waals surface area contributed by atoms with Gasteiger partial charge in [0.25, 0.3) is 0 Å². The van der Waals surface area contributed by atoms with Crippen molar-refractivity contribution in [3.63, 3.8) is 0 Å². The average Bonchev–Trinajstić information content (AvgIpc) is 2.10. The summed E-state index contributed by atoms with van der Waals surface area (Å²) < 4.78 is 17.5. The first-order valence-corrected chi connectivity index (χ1v) is 3.93. The Morgan fingerprint density at radius 3 is 2.77 bits per heavy atom. The van der Waals surface area contributed by atoms with E-state index in [1.165, 1.54) is 25.3 Å². The Kier molecular flexibility index (Phi) is 3.14. The SMILES string of the molecule is COCC(=O)c1ccc(F)c(C)c1. The van der Waals surface area contributed by atoms with Crippen LogP contribution in [0.5, 0.6) is 0 Å². The van der Waals surface area contributed by atoms with Gasteiger partial charge in [-0.15, -0.1) is 0 Å². The predicted octanol–water partition coefficient (Wildman–Crippen LogP) is 1.96. The summed E-state index contributed by atoms with van der Waals surface area (Å²) in [5.74, 6) is -0.431. The van der Waals surface area contributed by atoms with E-state index in [2.05, 4.69) is 4.74 Å². The summed E-state index contributed by atoms with van der Waals surface area (Å²) in [6, 6.07) is 4.28. The fourth-order valence-corrected chi connectivity index (χ4v) is 1.03. The molecule has 0 spiro atoms. The van der Waals surface area contributed by atoms with E-state index in [0.717, 1.165) is 0 Å². The van der Waals surface area contributed by atoms with Crippen LogP contribution in [0.4, 0.5) is 4.39 Å². The van der Waals surface area contributed by atoms with E-state index in [4.69, 9.17) is 0 Å². The van der Waals surface area contributed by atoms with Gasteiger partial charge in [-0.2, -0.15) is 0 Å². The van der Waals surface area contributed by atoms with Crippen molar-refractivity contribution in [3.05, 3.63) is 35.1 Å². The van der Waals surface area contributed by atoms with Crippen LogP contribution >= 0.6 is 0 Å². The third-order valence-corrected chi connectivity index (χ3v) is 1.76. The molecule has 1 rings (SSSR count). The van der Waals surface area contributed by atoms with Crippen molar-refractivity contribution >= 4 is 5.78 Å². The summed E-state index contributed by atoms with van der Waals surface area (Å²) >= 11 is 0. The maximum Gasteiger partial charge on any atom is 0.188 e. The molecule has 1 aromatic rings. The predicted molar refractivity (Wildman–Crippen MR) is 47.3 cm³/mol. The zero-order valence-corrected chi connectivity index (χ0v) is 7.63. The topological polar surface area (TPSA) is 26.3 Å². The molecule has 2 nitrogen and oxygen atoms in total. The summed E-state index contributed by atoms with van der Waals surface area (Å²) in [5, 5.41) is 0.